The first-order valence-electron chi connectivity index (χ1n) is 6.11. The number of aromatic nitrogens is 3. The zero-order chi connectivity index (χ0) is 14.5. The van der Waals surface area contributed by atoms with E-state index in [9.17, 15) is 10.2 Å². The highest BCUT2D eigenvalue weighted by molar-refractivity contribution is 5.58. The predicted octanol–water partition coefficient (Wildman–Crippen LogP) is 0.311. The van der Waals surface area contributed by atoms with E-state index < -0.39 is 0 Å². The van der Waals surface area contributed by atoms with Crippen molar-refractivity contribution in [2.24, 2.45) is 0 Å². The molecule has 2 rings (SSSR count). The summed E-state index contributed by atoms with van der Waals surface area (Å²) in [5.74, 6) is 1.18. The molecule has 0 saturated carbocycles. The molecule has 1 aromatic carbocycles. The summed E-state index contributed by atoms with van der Waals surface area (Å²) >= 11 is 0. The van der Waals surface area contributed by atoms with E-state index in [-0.39, 0.29) is 13.5 Å². The van der Waals surface area contributed by atoms with Crippen LogP contribution in [0.5, 0.6) is 0 Å². The molecule has 0 spiro atoms. The summed E-state index contributed by atoms with van der Waals surface area (Å²) in [4.78, 5) is 15.8. The fraction of sp³-hybridized carbons (Fsp3) is 0.308. The van der Waals surface area contributed by atoms with Crippen LogP contribution in [-0.4, -0.2) is 52.7 Å². The summed E-state index contributed by atoms with van der Waals surface area (Å²) < 4.78 is 0. The second kappa shape index (κ2) is 6.27. The van der Waals surface area contributed by atoms with Gasteiger partial charge in [0.1, 0.15) is 13.5 Å². The molecule has 1 heterocycles. The number of benzene rings is 1. The van der Waals surface area contributed by atoms with E-state index in [1.165, 1.54) is 9.80 Å². The van der Waals surface area contributed by atoms with Crippen LogP contribution < -0.4 is 9.80 Å². The first-order valence-corrected chi connectivity index (χ1v) is 6.11. The predicted molar refractivity (Wildman–Crippen MR) is 76.2 cm³/mol. The molecule has 2 N–H and O–H groups in total. The second-order valence-electron chi connectivity index (χ2n) is 4.30. The van der Waals surface area contributed by atoms with Gasteiger partial charge in [-0.25, -0.2) is 0 Å². The Labute approximate surface area is 117 Å². The van der Waals surface area contributed by atoms with Crippen LogP contribution in [0.2, 0.25) is 0 Å². The molecule has 0 aliphatic heterocycles. The van der Waals surface area contributed by atoms with Gasteiger partial charge in [-0.3, -0.25) is 0 Å². The van der Waals surface area contributed by atoms with Crippen molar-refractivity contribution in [2.45, 2.75) is 0 Å². The molecule has 0 unspecified atom stereocenters. The Hall–Kier alpha value is -2.25. The Bertz CT molecular complexity index is 536. The van der Waals surface area contributed by atoms with Gasteiger partial charge in [0, 0.05) is 19.7 Å². The topological polar surface area (TPSA) is 85.6 Å². The third kappa shape index (κ3) is 3.01. The summed E-state index contributed by atoms with van der Waals surface area (Å²) in [6, 6.07) is 9.47. The molecule has 0 aliphatic rings. The molecular weight excluding hydrogens is 258 g/mol. The summed E-state index contributed by atoms with van der Waals surface area (Å²) in [6.45, 7) is -0.416. The average Bonchev–Trinajstić information content (AvgIpc) is 2.53. The number of hydrogen-bond acceptors (Lipinski definition) is 7. The van der Waals surface area contributed by atoms with Gasteiger partial charge in [-0.1, -0.05) is 30.3 Å². The maximum absolute atomic E-state index is 9.20. The zero-order valence-corrected chi connectivity index (χ0v) is 11.4. The van der Waals surface area contributed by atoms with Crippen LogP contribution in [0, 0.1) is 0 Å². The first-order chi connectivity index (χ1) is 9.65. The fourth-order valence-electron chi connectivity index (χ4n) is 1.54. The molecule has 1 aromatic heterocycles. The molecule has 7 heteroatoms. The lowest BCUT2D eigenvalue weighted by Crippen LogP contribution is -2.25. The van der Waals surface area contributed by atoms with Gasteiger partial charge in [-0.2, -0.15) is 15.0 Å². The molecule has 0 amide bonds. The van der Waals surface area contributed by atoms with Gasteiger partial charge in [-0.15, -0.1) is 0 Å². The van der Waals surface area contributed by atoms with E-state index in [0.29, 0.717) is 17.7 Å². The van der Waals surface area contributed by atoms with E-state index in [1.807, 2.05) is 30.3 Å². The van der Waals surface area contributed by atoms with Crippen molar-refractivity contribution in [1.82, 2.24) is 15.0 Å². The first kappa shape index (κ1) is 14.2. The van der Waals surface area contributed by atoms with Crippen LogP contribution in [-0.2, 0) is 0 Å². The molecule has 0 fully saturated rings. The number of hydrogen-bond donors (Lipinski definition) is 2. The van der Waals surface area contributed by atoms with Crippen LogP contribution >= 0.6 is 0 Å². The van der Waals surface area contributed by atoms with Gasteiger partial charge in [0.2, 0.25) is 11.9 Å². The molecule has 2 aromatic rings. The van der Waals surface area contributed by atoms with Gasteiger partial charge in [0.05, 0.1) is 0 Å². The summed E-state index contributed by atoms with van der Waals surface area (Å²) in [5, 5.41) is 18.4. The number of aliphatic hydroxyl groups excluding tert-OH is 2. The highest BCUT2D eigenvalue weighted by Gasteiger charge is 2.13. The lowest BCUT2D eigenvalue weighted by Gasteiger charge is -2.18. The van der Waals surface area contributed by atoms with Crippen molar-refractivity contribution < 1.29 is 10.2 Å². The van der Waals surface area contributed by atoms with Crippen molar-refractivity contribution in [1.29, 1.82) is 0 Å². The smallest absolute Gasteiger partial charge is 0.232 e. The van der Waals surface area contributed by atoms with Crippen molar-refractivity contribution >= 4 is 11.9 Å². The average molecular weight is 275 g/mol. The molecule has 106 valence electrons. The van der Waals surface area contributed by atoms with Crippen molar-refractivity contribution in [3.8, 4) is 11.4 Å². The normalized spacial score (nSPS) is 10.4. The maximum atomic E-state index is 9.20. The minimum absolute atomic E-state index is 0.208. The third-order valence-electron chi connectivity index (χ3n) is 2.75. The molecule has 0 atom stereocenters. The minimum Gasteiger partial charge on any atom is -0.376 e. The van der Waals surface area contributed by atoms with Crippen molar-refractivity contribution in [3.63, 3.8) is 0 Å². The Morgan fingerprint density at radius 2 is 1.35 bits per heavy atom. The lowest BCUT2D eigenvalue weighted by atomic mass is 10.2. The summed E-state index contributed by atoms with van der Waals surface area (Å²) in [7, 11) is 3.35. The van der Waals surface area contributed by atoms with Crippen LogP contribution in [0.25, 0.3) is 11.4 Å². The van der Waals surface area contributed by atoms with Crippen LogP contribution in [0.4, 0.5) is 11.9 Å². The van der Waals surface area contributed by atoms with Gasteiger partial charge in [0.25, 0.3) is 0 Å². The fourth-order valence-corrected chi connectivity index (χ4v) is 1.54. The molecular formula is C13H17N5O2. The van der Waals surface area contributed by atoms with E-state index in [2.05, 4.69) is 15.0 Å². The number of aliphatic hydroxyl groups is 2. The van der Waals surface area contributed by atoms with E-state index >= 15 is 0 Å². The summed E-state index contributed by atoms with van der Waals surface area (Å²) in [5.41, 5.74) is 0.843. The third-order valence-corrected chi connectivity index (χ3v) is 2.75. The number of rotatable bonds is 5. The Morgan fingerprint density at radius 3 is 1.80 bits per heavy atom. The second-order valence-corrected chi connectivity index (χ2v) is 4.30. The van der Waals surface area contributed by atoms with Crippen molar-refractivity contribution in [2.75, 3.05) is 37.4 Å². The molecule has 0 saturated heterocycles. The molecule has 7 nitrogen and oxygen atoms in total. The highest BCUT2D eigenvalue weighted by Crippen LogP contribution is 2.19. The quantitative estimate of drug-likeness (QED) is 0.759. The SMILES string of the molecule is CN(CO)c1nc(-c2ccccc2)nc(N(C)CO)n1. The van der Waals surface area contributed by atoms with E-state index in [4.69, 9.17) is 0 Å². The Kier molecular flexibility index (Phi) is 4.44. The van der Waals surface area contributed by atoms with Crippen LogP contribution in [0.1, 0.15) is 0 Å². The standard InChI is InChI=1S/C13H17N5O2/c1-17(8-19)12-14-11(10-6-4-3-5-7-10)15-13(16-12)18(2)9-20/h3-7,19-20H,8-9H2,1-2H3. The molecule has 0 aliphatic carbocycles. The van der Waals surface area contributed by atoms with Crippen LogP contribution in [0.15, 0.2) is 30.3 Å². The maximum Gasteiger partial charge on any atom is 0.232 e. The molecule has 0 bridgehead atoms. The van der Waals surface area contributed by atoms with Gasteiger partial charge < -0.3 is 20.0 Å². The molecule has 0 radical (unpaired) electrons. The van der Waals surface area contributed by atoms with Gasteiger partial charge >= 0.3 is 0 Å². The monoisotopic (exact) mass is 275 g/mol. The molecule has 20 heavy (non-hydrogen) atoms. The lowest BCUT2D eigenvalue weighted by molar-refractivity contribution is 0.294. The number of anilines is 2. The zero-order valence-electron chi connectivity index (χ0n) is 11.4. The summed E-state index contributed by atoms with van der Waals surface area (Å²) in [6.07, 6.45) is 0. The minimum atomic E-state index is -0.208. The highest BCUT2D eigenvalue weighted by atomic mass is 16.3. The number of nitrogens with zero attached hydrogens (tertiary/aromatic N) is 5. The van der Waals surface area contributed by atoms with Crippen molar-refractivity contribution in [3.05, 3.63) is 30.3 Å². The van der Waals surface area contributed by atoms with E-state index in [0.717, 1.165) is 5.56 Å². The van der Waals surface area contributed by atoms with E-state index in [1.54, 1.807) is 14.1 Å². The Morgan fingerprint density at radius 1 is 0.850 bits per heavy atom. The Balaban J connectivity index is 2.51. The van der Waals surface area contributed by atoms with Crippen LogP contribution in [0.3, 0.4) is 0 Å². The van der Waals surface area contributed by atoms with Gasteiger partial charge in [-0.05, 0) is 0 Å². The van der Waals surface area contributed by atoms with Gasteiger partial charge in [0.15, 0.2) is 5.82 Å². The largest absolute Gasteiger partial charge is 0.376 e.